The Morgan fingerprint density at radius 1 is 0.931 bits per heavy atom. The lowest BCUT2D eigenvalue weighted by atomic mass is 10.0. The first-order valence-electron chi connectivity index (χ1n) is 9.93. The second-order valence-corrected chi connectivity index (χ2v) is 7.64. The molecule has 0 saturated heterocycles. The molecule has 2 N–H and O–H groups in total. The summed E-state index contributed by atoms with van der Waals surface area (Å²) in [6.07, 6.45) is 0. The standard InChI is InChI=1S/C23H28N2O4/c1-14(2)21(25-22(26)18-8-6-5-7-15(18)3)23(27)24-16(4)17-9-10-19-20(13-17)29-12-11-28-19/h5-10,13-14,16,21H,11-12H2,1-4H3,(H,24,27)(H,25,26). The number of carbonyl (C=O) groups excluding carboxylic acids is 2. The highest BCUT2D eigenvalue weighted by molar-refractivity contribution is 5.98. The fourth-order valence-corrected chi connectivity index (χ4v) is 3.30. The number of fused-ring (bicyclic) bond motifs is 1. The molecule has 1 aliphatic rings. The van der Waals surface area contributed by atoms with Crippen LogP contribution in [0.25, 0.3) is 0 Å². The van der Waals surface area contributed by atoms with Crippen LogP contribution >= 0.6 is 0 Å². The third-order valence-electron chi connectivity index (χ3n) is 5.05. The molecule has 2 amide bonds. The molecule has 2 aromatic rings. The number of carbonyl (C=O) groups is 2. The van der Waals surface area contributed by atoms with E-state index in [4.69, 9.17) is 9.47 Å². The van der Waals surface area contributed by atoms with Gasteiger partial charge < -0.3 is 20.1 Å². The van der Waals surface area contributed by atoms with Crippen molar-refractivity contribution < 1.29 is 19.1 Å². The largest absolute Gasteiger partial charge is 0.486 e. The zero-order valence-electron chi connectivity index (χ0n) is 17.3. The van der Waals surface area contributed by atoms with E-state index in [0.29, 0.717) is 30.3 Å². The zero-order chi connectivity index (χ0) is 21.0. The maximum atomic E-state index is 12.9. The monoisotopic (exact) mass is 396 g/mol. The third kappa shape index (κ3) is 4.88. The maximum Gasteiger partial charge on any atom is 0.252 e. The number of benzene rings is 2. The van der Waals surface area contributed by atoms with Crippen molar-refractivity contribution in [1.82, 2.24) is 10.6 Å². The predicted octanol–water partition coefficient (Wildman–Crippen LogP) is 3.40. The van der Waals surface area contributed by atoms with E-state index < -0.39 is 6.04 Å². The van der Waals surface area contributed by atoms with Crippen LogP contribution in [-0.4, -0.2) is 31.1 Å². The van der Waals surface area contributed by atoms with Crippen molar-refractivity contribution >= 4 is 11.8 Å². The first kappa shape index (κ1) is 20.7. The number of rotatable bonds is 6. The topological polar surface area (TPSA) is 76.7 Å². The Hall–Kier alpha value is -3.02. The lowest BCUT2D eigenvalue weighted by Crippen LogP contribution is -2.50. The fraction of sp³-hybridized carbons (Fsp3) is 0.391. The van der Waals surface area contributed by atoms with Gasteiger partial charge in [0.2, 0.25) is 5.91 Å². The Labute approximate surface area is 171 Å². The van der Waals surface area contributed by atoms with Gasteiger partial charge in [-0.3, -0.25) is 9.59 Å². The first-order chi connectivity index (χ1) is 13.9. The van der Waals surface area contributed by atoms with Crippen molar-refractivity contribution in [3.05, 3.63) is 59.2 Å². The van der Waals surface area contributed by atoms with E-state index in [0.717, 1.165) is 11.1 Å². The quantitative estimate of drug-likeness (QED) is 0.785. The van der Waals surface area contributed by atoms with Gasteiger partial charge in [-0.2, -0.15) is 0 Å². The van der Waals surface area contributed by atoms with Crippen LogP contribution in [0.4, 0.5) is 0 Å². The molecule has 1 heterocycles. The summed E-state index contributed by atoms with van der Waals surface area (Å²) in [4.78, 5) is 25.6. The Bertz CT molecular complexity index is 894. The van der Waals surface area contributed by atoms with Gasteiger partial charge in [0.15, 0.2) is 11.5 Å². The minimum atomic E-state index is -0.637. The van der Waals surface area contributed by atoms with Crippen molar-refractivity contribution in [3.63, 3.8) is 0 Å². The Morgan fingerprint density at radius 3 is 2.31 bits per heavy atom. The van der Waals surface area contributed by atoms with Crippen LogP contribution in [0.2, 0.25) is 0 Å². The minimum Gasteiger partial charge on any atom is -0.486 e. The summed E-state index contributed by atoms with van der Waals surface area (Å²) < 4.78 is 11.2. The summed E-state index contributed by atoms with van der Waals surface area (Å²) >= 11 is 0. The Morgan fingerprint density at radius 2 is 1.62 bits per heavy atom. The van der Waals surface area contributed by atoms with Crippen LogP contribution in [0.1, 0.15) is 48.3 Å². The smallest absolute Gasteiger partial charge is 0.252 e. The Balaban J connectivity index is 1.69. The van der Waals surface area contributed by atoms with Gasteiger partial charge >= 0.3 is 0 Å². The Kier molecular flexibility index (Phi) is 6.42. The number of ether oxygens (including phenoxy) is 2. The van der Waals surface area contributed by atoms with Gasteiger partial charge in [0.05, 0.1) is 6.04 Å². The number of hydrogen-bond acceptors (Lipinski definition) is 4. The van der Waals surface area contributed by atoms with E-state index in [1.807, 2.05) is 64.1 Å². The molecule has 0 saturated carbocycles. The molecule has 2 atom stereocenters. The molecule has 0 spiro atoms. The molecular weight excluding hydrogens is 368 g/mol. The molecule has 6 nitrogen and oxygen atoms in total. The average Bonchev–Trinajstić information content (AvgIpc) is 2.71. The lowest BCUT2D eigenvalue weighted by Gasteiger charge is -2.25. The molecule has 2 unspecified atom stereocenters. The number of hydrogen-bond donors (Lipinski definition) is 2. The normalized spacial score (nSPS) is 14.8. The first-order valence-corrected chi connectivity index (χ1v) is 9.93. The summed E-state index contributed by atoms with van der Waals surface area (Å²) in [6, 6.07) is 12.1. The van der Waals surface area contributed by atoms with Crippen LogP contribution in [0.3, 0.4) is 0 Å². The van der Waals surface area contributed by atoms with E-state index in [-0.39, 0.29) is 23.8 Å². The highest BCUT2D eigenvalue weighted by Gasteiger charge is 2.26. The number of aryl methyl sites for hydroxylation is 1. The van der Waals surface area contributed by atoms with Gasteiger partial charge in [-0.05, 0) is 49.1 Å². The molecule has 1 aliphatic heterocycles. The van der Waals surface area contributed by atoms with E-state index in [2.05, 4.69) is 10.6 Å². The number of amides is 2. The summed E-state index contributed by atoms with van der Waals surface area (Å²) in [7, 11) is 0. The van der Waals surface area contributed by atoms with E-state index in [1.165, 1.54) is 0 Å². The van der Waals surface area contributed by atoms with Crippen molar-refractivity contribution in [2.24, 2.45) is 5.92 Å². The van der Waals surface area contributed by atoms with E-state index in [9.17, 15) is 9.59 Å². The SMILES string of the molecule is Cc1ccccc1C(=O)NC(C(=O)NC(C)c1ccc2c(c1)OCCO2)C(C)C. The summed E-state index contributed by atoms with van der Waals surface area (Å²) in [5, 5.41) is 5.89. The van der Waals surface area contributed by atoms with Crippen LogP contribution in [0.15, 0.2) is 42.5 Å². The van der Waals surface area contributed by atoms with E-state index >= 15 is 0 Å². The van der Waals surface area contributed by atoms with E-state index in [1.54, 1.807) is 6.07 Å². The van der Waals surface area contributed by atoms with Crippen LogP contribution in [0.5, 0.6) is 11.5 Å². The third-order valence-corrected chi connectivity index (χ3v) is 5.05. The van der Waals surface area contributed by atoms with Crippen LogP contribution in [-0.2, 0) is 4.79 Å². The molecule has 0 aliphatic carbocycles. The second-order valence-electron chi connectivity index (χ2n) is 7.64. The van der Waals surface area contributed by atoms with Gasteiger partial charge in [-0.15, -0.1) is 0 Å². The van der Waals surface area contributed by atoms with Crippen molar-refractivity contribution in [2.45, 2.75) is 39.8 Å². The van der Waals surface area contributed by atoms with Gasteiger partial charge in [0, 0.05) is 5.56 Å². The molecule has 154 valence electrons. The van der Waals surface area contributed by atoms with Gasteiger partial charge in [0.25, 0.3) is 5.91 Å². The summed E-state index contributed by atoms with van der Waals surface area (Å²) in [5.41, 5.74) is 2.36. The lowest BCUT2D eigenvalue weighted by molar-refractivity contribution is -0.124. The minimum absolute atomic E-state index is 0.0598. The second kappa shape index (κ2) is 8.99. The number of nitrogens with one attached hydrogen (secondary N) is 2. The van der Waals surface area contributed by atoms with Gasteiger partial charge in [-0.25, -0.2) is 0 Å². The molecule has 6 heteroatoms. The highest BCUT2D eigenvalue weighted by Crippen LogP contribution is 2.32. The molecule has 0 aromatic heterocycles. The molecule has 3 rings (SSSR count). The van der Waals surface area contributed by atoms with Crippen LogP contribution in [0, 0.1) is 12.8 Å². The molecule has 0 fully saturated rings. The maximum absolute atomic E-state index is 12.9. The van der Waals surface area contributed by atoms with Gasteiger partial charge in [0.1, 0.15) is 19.3 Å². The zero-order valence-corrected chi connectivity index (χ0v) is 17.3. The summed E-state index contributed by atoms with van der Waals surface area (Å²) in [5.74, 6) is 0.871. The van der Waals surface area contributed by atoms with Crippen molar-refractivity contribution in [1.29, 1.82) is 0 Å². The molecule has 0 radical (unpaired) electrons. The molecule has 29 heavy (non-hydrogen) atoms. The average molecular weight is 396 g/mol. The van der Waals surface area contributed by atoms with Gasteiger partial charge in [-0.1, -0.05) is 38.1 Å². The van der Waals surface area contributed by atoms with Crippen molar-refractivity contribution in [2.75, 3.05) is 13.2 Å². The predicted molar refractivity (Wildman–Crippen MR) is 111 cm³/mol. The summed E-state index contributed by atoms with van der Waals surface area (Å²) in [6.45, 7) is 8.66. The molecule has 2 aromatic carbocycles. The van der Waals surface area contributed by atoms with Crippen LogP contribution < -0.4 is 20.1 Å². The van der Waals surface area contributed by atoms with Crippen molar-refractivity contribution in [3.8, 4) is 11.5 Å². The molecular formula is C23H28N2O4. The fourth-order valence-electron chi connectivity index (χ4n) is 3.30. The molecule has 0 bridgehead atoms. The highest BCUT2D eigenvalue weighted by atomic mass is 16.6.